The zero-order valence-corrected chi connectivity index (χ0v) is 14.4. The molecule has 0 atom stereocenters. The summed E-state index contributed by atoms with van der Waals surface area (Å²) in [7, 11) is 1.52. The van der Waals surface area contributed by atoms with Gasteiger partial charge in [0.2, 0.25) is 0 Å². The predicted octanol–water partition coefficient (Wildman–Crippen LogP) is 4.51. The molecule has 0 spiro atoms. The number of aryl methyl sites for hydroxylation is 2. The molecule has 0 aliphatic heterocycles. The van der Waals surface area contributed by atoms with E-state index in [0.29, 0.717) is 22.0 Å². The molecule has 5 heteroatoms. The Hall–Kier alpha value is -2.77. The maximum atomic E-state index is 12.4. The van der Waals surface area contributed by atoms with Crippen LogP contribution in [-0.2, 0) is 4.79 Å². The number of halogens is 1. The number of rotatable bonds is 4. The van der Waals surface area contributed by atoms with E-state index in [1.807, 2.05) is 38.1 Å². The largest absolute Gasteiger partial charge is 0.496 e. The van der Waals surface area contributed by atoms with Crippen molar-refractivity contribution >= 4 is 29.3 Å². The molecular formula is C19H17ClN2O2. The predicted molar refractivity (Wildman–Crippen MR) is 96.1 cm³/mol. The molecule has 0 heterocycles. The minimum absolute atomic E-state index is 0.0310. The Morgan fingerprint density at radius 2 is 2.00 bits per heavy atom. The molecule has 0 aliphatic carbocycles. The zero-order valence-electron chi connectivity index (χ0n) is 13.7. The maximum Gasteiger partial charge on any atom is 0.266 e. The van der Waals surface area contributed by atoms with Crippen LogP contribution in [0.5, 0.6) is 5.75 Å². The van der Waals surface area contributed by atoms with Crippen LogP contribution in [0.1, 0.15) is 16.7 Å². The van der Waals surface area contributed by atoms with Gasteiger partial charge in [0.25, 0.3) is 5.91 Å². The first-order valence-corrected chi connectivity index (χ1v) is 7.66. The van der Waals surface area contributed by atoms with Crippen molar-refractivity contribution in [3.05, 3.63) is 63.7 Å². The molecule has 1 amide bonds. The maximum absolute atomic E-state index is 12.4. The highest BCUT2D eigenvalue weighted by Crippen LogP contribution is 2.25. The fraction of sp³-hybridized carbons (Fsp3) is 0.158. The van der Waals surface area contributed by atoms with Gasteiger partial charge in [0.15, 0.2) is 0 Å². The summed E-state index contributed by atoms with van der Waals surface area (Å²) in [6.45, 7) is 3.83. The number of hydrogen-bond donors (Lipinski definition) is 1. The molecule has 4 nitrogen and oxygen atoms in total. The van der Waals surface area contributed by atoms with E-state index in [1.54, 1.807) is 18.2 Å². The summed E-state index contributed by atoms with van der Waals surface area (Å²) in [4.78, 5) is 12.4. The highest BCUT2D eigenvalue weighted by Gasteiger charge is 2.12. The molecular weight excluding hydrogens is 324 g/mol. The Labute approximate surface area is 146 Å². The first-order chi connectivity index (χ1) is 11.4. The first-order valence-electron chi connectivity index (χ1n) is 7.28. The first kappa shape index (κ1) is 17.6. The summed E-state index contributed by atoms with van der Waals surface area (Å²) in [6, 6.07) is 12.7. The lowest BCUT2D eigenvalue weighted by atomic mass is 10.1. The third-order valence-corrected chi connectivity index (χ3v) is 3.73. The van der Waals surface area contributed by atoms with E-state index in [2.05, 4.69) is 5.32 Å². The molecule has 0 saturated carbocycles. The molecule has 0 saturated heterocycles. The molecule has 0 unspecified atom stereocenters. The number of hydrogen-bond acceptors (Lipinski definition) is 3. The highest BCUT2D eigenvalue weighted by atomic mass is 35.5. The smallest absolute Gasteiger partial charge is 0.266 e. The van der Waals surface area contributed by atoms with Crippen molar-refractivity contribution < 1.29 is 9.53 Å². The monoisotopic (exact) mass is 340 g/mol. The van der Waals surface area contributed by atoms with Crippen LogP contribution < -0.4 is 10.1 Å². The second-order valence-electron chi connectivity index (χ2n) is 5.33. The second kappa shape index (κ2) is 7.67. The Morgan fingerprint density at radius 1 is 1.25 bits per heavy atom. The van der Waals surface area contributed by atoms with Crippen LogP contribution in [0, 0.1) is 25.2 Å². The van der Waals surface area contributed by atoms with E-state index < -0.39 is 5.91 Å². The van der Waals surface area contributed by atoms with Gasteiger partial charge in [0.1, 0.15) is 17.4 Å². The van der Waals surface area contributed by atoms with Crippen LogP contribution in [0.4, 0.5) is 5.69 Å². The van der Waals surface area contributed by atoms with Crippen molar-refractivity contribution in [2.75, 3.05) is 12.4 Å². The van der Waals surface area contributed by atoms with Crippen LogP contribution in [0.15, 0.2) is 42.0 Å². The molecule has 2 rings (SSSR count). The summed E-state index contributed by atoms with van der Waals surface area (Å²) < 4.78 is 5.23. The van der Waals surface area contributed by atoms with Gasteiger partial charge >= 0.3 is 0 Å². The molecule has 2 aromatic rings. The van der Waals surface area contributed by atoms with E-state index in [4.69, 9.17) is 16.3 Å². The number of nitrogens with one attached hydrogen (secondary N) is 1. The highest BCUT2D eigenvalue weighted by molar-refractivity contribution is 6.30. The van der Waals surface area contributed by atoms with Gasteiger partial charge in [-0.15, -0.1) is 0 Å². The number of amides is 1. The van der Waals surface area contributed by atoms with Crippen LogP contribution in [0.2, 0.25) is 5.02 Å². The van der Waals surface area contributed by atoms with E-state index >= 15 is 0 Å². The lowest BCUT2D eigenvalue weighted by Crippen LogP contribution is -2.14. The van der Waals surface area contributed by atoms with Crippen molar-refractivity contribution in [2.24, 2.45) is 0 Å². The average Bonchev–Trinajstić information content (AvgIpc) is 2.56. The van der Waals surface area contributed by atoms with Gasteiger partial charge in [0, 0.05) is 16.3 Å². The molecule has 0 radical (unpaired) electrons. The van der Waals surface area contributed by atoms with E-state index in [9.17, 15) is 10.1 Å². The zero-order chi connectivity index (χ0) is 17.7. The van der Waals surface area contributed by atoms with Gasteiger partial charge in [-0.25, -0.2) is 0 Å². The Kier molecular flexibility index (Phi) is 5.62. The summed E-state index contributed by atoms with van der Waals surface area (Å²) in [5, 5.41) is 12.6. The SMILES string of the molecule is COc1ccc(Cl)cc1C=C(C#N)C(=O)Nc1cc(C)ccc1C. The van der Waals surface area contributed by atoms with E-state index in [-0.39, 0.29) is 5.57 Å². The number of ether oxygens (including phenoxy) is 1. The molecule has 0 bridgehead atoms. The molecule has 0 aromatic heterocycles. The van der Waals surface area contributed by atoms with Crippen molar-refractivity contribution in [3.8, 4) is 11.8 Å². The normalized spacial score (nSPS) is 10.9. The number of benzene rings is 2. The Balaban J connectivity index is 2.34. The van der Waals surface area contributed by atoms with Crippen molar-refractivity contribution in [3.63, 3.8) is 0 Å². The van der Waals surface area contributed by atoms with Crippen LogP contribution >= 0.6 is 11.6 Å². The minimum Gasteiger partial charge on any atom is -0.496 e. The van der Waals surface area contributed by atoms with Crippen LogP contribution in [0.25, 0.3) is 6.08 Å². The van der Waals surface area contributed by atoms with Gasteiger partial charge in [-0.05, 0) is 55.3 Å². The summed E-state index contributed by atoms with van der Waals surface area (Å²) in [5.41, 5.74) is 3.16. The lowest BCUT2D eigenvalue weighted by molar-refractivity contribution is -0.112. The van der Waals surface area contributed by atoms with Crippen molar-refractivity contribution in [1.82, 2.24) is 0 Å². The van der Waals surface area contributed by atoms with E-state index in [1.165, 1.54) is 13.2 Å². The van der Waals surface area contributed by atoms with Gasteiger partial charge < -0.3 is 10.1 Å². The standard InChI is InChI=1S/C19H17ClN2O2/c1-12-4-5-13(2)17(8-12)22-19(23)15(11-21)9-14-10-16(20)6-7-18(14)24-3/h4-10H,1-3H3,(H,22,23). The van der Waals surface area contributed by atoms with Crippen LogP contribution in [-0.4, -0.2) is 13.0 Å². The quantitative estimate of drug-likeness (QED) is 0.658. The summed E-state index contributed by atoms with van der Waals surface area (Å²) in [5.74, 6) is 0.0555. The van der Waals surface area contributed by atoms with E-state index in [0.717, 1.165) is 11.1 Å². The topological polar surface area (TPSA) is 62.1 Å². The molecule has 0 aliphatic rings. The Bertz CT molecular complexity index is 851. The van der Waals surface area contributed by atoms with Gasteiger partial charge in [-0.2, -0.15) is 5.26 Å². The Morgan fingerprint density at radius 3 is 2.67 bits per heavy atom. The van der Waals surface area contributed by atoms with Crippen molar-refractivity contribution in [1.29, 1.82) is 5.26 Å². The van der Waals surface area contributed by atoms with Gasteiger partial charge in [-0.3, -0.25) is 4.79 Å². The van der Waals surface area contributed by atoms with Gasteiger partial charge in [-0.1, -0.05) is 23.7 Å². The number of nitriles is 1. The van der Waals surface area contributed by atoms with Crippen molar-refractivity contribution in [2.45, 2.75) is 13.8 Å². The van der Waals surface area contributed by atoms with Crippen LogP contribution in [0.3, 0.4) is 0 Å². The number of carbonyl (C=O) groups excluding carboxylic acids is 1. The molecule has 0 fully saturated rings. The fourth-order valence-electron chi connectivity index (χ4n) is 2.18. The molecule has 2 aromatic carbocycles. The summed E-state index contributed by atoms with van der Waals surface area (Å²) in [6.07, 6.45) is 1.46. The summed E-state index contributed by atoms with van der Waals surface area (Å²) >= 11 is 5.98. The molecule has 122 valence electrons. The molecule has 24 heavy (non-hydrogen) atoms. The van der Waals surface area contributed by atoms with Gasteiger partial charge in [0.05, 0.1) is 7.11 Å². The number of carbonyl (C=O) groups is 1. The number of methoxy groups -OCH3 is 1. The average molecular weight is 341 g/mol. The third kappa shape index (κ3) is 4.15. The lowest BCUT2D eigenvalue weighted by Gasteiger charge is -2.09. The number of nitrogens with zero attached hydrogens (tertiary/aromatic N) is 1. The third-order valence-electron chi connectivity index (χ3n) is 3.50. The minimum atomic E-state index is -0.478. The fourth-order valence-corrected chi connectivity index (χ4v) is 2.36. The second-order valence-corrected chi connectivity index (χ2v) is 5.77. The molecule has 1 N–H and O–H groups in total. The number of anilines is 1.